The highest BCUT2D eigenvalue weighted by atomic mass is 32.2. The van der Waals surface area contributed by atoms with Crippen molar-refractivity contribution in [3.05, 3.63) is 52.9 Å². The summed E-state index contributed by atoms with van der Waals surface area (Å²) in [5.41, 5.74) is 1.62. The monoisotopic (exact) mass is 483 g/mol. The Hall–Kier alpha value is -3.66. The van der Waals surface area contributed by atoms with Crippen LogP contribution in [0.1, 0.15) is 5.56 Å². The van der Waals surface area contributed by atoms with Crippen LogP contribution in [0.5, 0.6) is 17.2 Å². The van der Waals surface area contributed by atoms with Crippen LogP contribution in [0.25, 0.3) is 6.08 Å². The number of benzene rings is 2. The number of phenolic OH excluding ortho intramolecular Hbond substituents is 1. The molecule has 0 aliphatic carbocycles. The molecule has 2 aromatic rings. The van der Waals surface area contributed by atoms with E-state index in [1.807, 2.05) is 30.3 Å². The largest absolute Gasteiger partial charge is 0.502 e. The number of nitrogens with zero attached hydrogens (tertiary/aromatic N) is 3. The second-order valence-electron chi connectivity index (χ2n) is 7.75. The van der Waals surface area contributed by atoms with Gasteiger partial charge in [-0.2, -0.15) is 0 Å². The third kappa shape index (κ3) is 4.81. The van der Waals surface area contributed by atoms with Crippen molar-refractivity contribution in [3.8, 4) is 17.2 Å². The summed E-state index contributed by atoms with van der Waals surface area (Å²) in [5, 5.41) is 9.57. The fourth-order valence-electron chi connectivity index (χ4n) is 3.87. The molecular formula is C24H25N3O6S. The van der Waals surface area contributed by atoms with Gasteiger partial charge in [0.25, 0.3) is 11.1 Å². The molecule has 2 heterocycles. The Morgan fingerprint density at radius 3 is 2.24 bits per heavy atom. The fraction of sp³-hybridized carbons (Fsp3) is 0.292. The van der Waals surface area contributed by atoms with Crippen molar-refractivity contribution in [2.45, 2.75) is 0 Å². The van der Waals surface area contributed by atoms with Crippen molar-refractivity contribution in [1.82, 2.24) is 9.80 Å². The number of para-hydroxylation sites is 1. The molecule has 10 heteroatoms. The number of rotatable bonds is 6. The molecule has 2 aliphatic heterocycles. The molecule has 0 bridgehead atoms. The molecule has 2 aliphatic rings. The zero-order chi connectivity index (χ0) is 24.2. The first-order chi connectivity index (χ1) is 16.4. The molecule has 178 valence electrons. The second-order valence-corrected chi connectivity index (χ2v) is 8.74. The average Bonchev–Trinajstić information content (AvgIpc) is 3.12. The Bertz CT molecular complexity index is 1100. The molecule has 2 aromatic carbocycles. The molecule has 4 rings (SSSR count). The van der Waals surface area contributed by atoms with Crippen molar-refractivity contribution in [1.29, 1.82) is 0 Å². The summed E-state index contributed by atoms with van der Waals surface area (Å²) < 4.78 is 10.3. The van der Waals surface area contributed by atoms with Gasteiger partial charge in [0, 0.05) is 31.9 Å². The molecule has 0 unspecified atom stereocenters. The van der Waals surface area contributed by atoms with Gasteiger partial charge >= 0.3 is 0 Å². The number of hydrogen-bond donors (Lipinski definition) is 1. The third-order valence-corrected chi connectivity index (χ3v) is 6.63. The van der Waals surface area contributed by atoms with E-state index in [2.05, 4.69) is 4.90 Å². The number of amides is 3. The number of ether oxygens (including phenoxy) is 2. The number of hydrogen-bond acceptors (Lipinski definition) is 8. The number of methoxy groups -OCH3 is 2. The van der Waals surface area contributed by atoms with Crippen molar-refractivity contribution < 1.29 is 29.0 Å². The Morgan fingerprint density at radius 2 is 1.65 bits per heavy atom. The molecule has 0 radical (unpaired) electrons. The number of thioether (sulfide) groups is 1. The lowest BCUT2D eigenvalue weighted by Gasteiger charge is -2.36. The summed E-state index contributed by atoms with van der Waals surface area (Å²) in [6, 6.07) is 13.0. The number of imide groups is 1. The number of carbonyl (C=O) groups is 3. The lowest BCUT2D eigenvalue weighted by Crippen LogP contribution is -2.51. The molecule has 2 saturated heterocycles. The first-order valence-corrected chi connectivity index (χ1v) is 11.5. The summed E-state index contributed by atoms with van der Waals surface area (Å²) >= 11 is 0.769. The minimum atomic E-state index is -0.530. The first kappa shape index (κ1) is 23.5. The van der Waals surface area contributed by atoms with Crippen LogP contribution in [-0.2, 0) is 9.59 Å². The standard InChI is InChI=1S/C24H25N3O6S/c1-32-18-12-16(13-19(33-2)22(18)29)14-20-23(30)27(24(31)34-20)15-21(28)26-10-8-25(9-11-26)17-6-4-3-5-7-17/h3-7,12-14,29H,8-11,15H2,1-2H3/b20-14+. The maximum Gasteiger partial charge on any atom is 0.294 e. The number of anilines is 1. The number of aromatic hydroxyl groups is 1. The van der Waals surface area contributed by atoms with E-state index < -0.39 is 11.1 Å². The van der Waals surface area contributed by atoms with E-state index in [0.717, 1.165) is 22.3 Å². The van der Waals surface area contributed by atoms with Crippen molar-refractivity contribution in [2.24, 2.45) is 0 Å². The van der Waals surface area contributed by atoms with Gasteiger partial charge in [0.2, 0.25) is 11.7 Å². The lowest BCUT2D eigenvalue weighted by molar-refractivity contribution is -0.136. The van der Waals surface area contributed by atoms with Crippen LogP contribution in [0, 0.1) is 0 Å². The van der Waals surface area contributed by atoms with E-state index in [4.69, 9.17) is 9.47 Å². The normalized spacial score (nSPS) is 17.5. The Balaban J connectivity index is 1.41. The zero-order valence-corrected chi connectivity index (χ0v) is 19.7. The van der Waals surface area contributed by atoms with Crippen LogP contribution >= 0.6 is 11.8 Å². The quantitative estimate of drug-likeness (QED) is 0.627. The second kappa shape index (κ2) is 10.1. The minimum Gasteiger partial charge on any atom is -0.502 e. The maximum absolute atomic E-state index is 12.9. The van der Waals surface area contributed by atoms with Gasteiger partial charge in [0.15, 0.2) is 11.5 Å². The molecule has 0 aromatic heterocycles. The predicted octanol–water partition coefficient (Wildman–Crippen LogP) is 2.79. The number of carbonyl (C=O) groups excluding carboxylic acids is 3. The van der Waals surface area contributed by atoms with Gasteiger partial charge in [-0.25, -0.2) is 0 Å². The van der Waals surface area contributed by atoms with Crippen LogP contribution in [0.2, 0.25) is 0 Å². The van der Waals surface area contributed by atoms with Gasteiger partial charge in [-0.1, -0.05) is 18.2 Å². The van der Waals surface area contributed by atoms with Crippen LogP contribution < -0.4 is 14.4 Å². The van der Waals surface area contributed by atoms with E-state index in [0.29, 0.717) is 31.7 Å². The Morgan fingerprint density at radius 1 is 1.03 bits per heavy atom. The van der Waals surface area contributed by atoms with E-state index in [9.17, 15) is 19.5 Å². The maximum atomic E-state index is 12.9. The zero-order valence-electron chi connectivity index (χ0n) is 18.9. The molecule has 0 atom stereocenters. The molecule has 1 N–H and O–H groups in total. The first-order valence-electron chi connectivity index (χ1n) is 10.7. The predicted molar refractivity (Wildman–Crippen MR) is 129 cm³/mol. The SMILES string of the molecule is COc1cc(/C=C2/SC(=O)N(CC(=O)N3CCN(c4ccccc4)CC3)C2=O)cc(OC)c1O. The number of phenols is 1. The van der Waals surface area contributed by atoms with Crippen LogP contribution in [-0.4, -0.2) is 78.9 Å². The molecule has 0 spiro atoms. The topological polar surface area (TPSA) is 99.6 Å². The van der Waals surface area contributed by atoms with Gasteiger partial charge in [-0.05, 0) is 47.7 Å². The van der Waals surface area contributed by atoms with E-state index in [1.165, 1.54) is 32.4 Å². The van der Waals surface area contributed by atoms with Crippen LogP contribution in [0.4, 0.5) is 10.5 Å². The highest BCUT2D eigenvalue weighted by Gasteiger charge is 2.37. The van der Waals surface area contributed by atoms with Crippen LogP contribution in [0.15, 0.2) is 47.4 Å². The fourth-order valence-corrected chi connectivity index (χ4v) is 4.71. The van der Waals surface area contributed by atoms with Crippen molar-refractivity contribution >= 4 is 40.6 Å². The van der Waals surface area contributed by atoms with Crippen LogP contribution in [0.3, 0.4) is 0 Å². The smallest absolute Gasteiger partial charge is 0.294 e. The van der Waals surface area contributed by atoms with Gasteiger partial charge in [-0.3, -0.25) is 19.3 Å². The lowest BCUT2D eigenvalue weighted by atomic mass is 10.1. The van der Waals surface area contributed by atoms with Gasteiger partial charge in [0.05, 0.1) is 19.1 Å². The molecule has 3 amide bonds. The summed E-state index contributed by atoms with van der Waals surface area (Å²) in [6.45, 7) is 2.11. The van der Waals surface area contributed by atoms with E-state index in [-0.39, 0.29) is 34.6 Å². The summed E-state index contributed by atoms with van der Waals surface area (Å²) in [4.78, 5) is 43.2. The highest BCUT2D eigenvalue weighted by Crippen LogP contribution is 2.39. The minimum absolute atomic E-state index is 0.159. The molecule has 34 heavy (non-hydrogen) atoms. The van der Waals surface area contributed by atoms with Crippen molar-refractivity contribution in [2.75, 3.05) is 51.8 Å². The van der Waals surface area contributed by atoms with E-state index >= 15 is 0 Å². The van der Waals surface area contributed by atoms with Crippen molar-refractivity contribution in [3.63, 3.8) is 0 Å². The summed E-state index contributed by atoms with van der Waals surface area (Å²) in [6.07, 6.45) is 1.51. The molecular weight excluding hydrogens is 458 g/mol. The number of piperazine rings is 1. The molecule has 9 nitrogen and oxygen atoms in total. The van der Waals surface area contributed by atoms with E-state index in [1.54, 1.807) is 4.90 Å². The Kier molecular flexibility index (Phi) is 6.97. The summed E-state index contributed by atoms with van der Waals surface area (Å²) in [7, 11) is 2.80. The summed E-state index contributed by atoms with van der Waals surface area (Å²) in [5.74, 6) is -0.598. The third-order valence-electron chi connectivity index (χ3n) is 5.72. The average molecular weight is 484 g/mol. The van der Waals surface area contributed by atoms with Gasteiger partial charge in [-0.15, -0.1) is 0 Å². The highest BCUT2D eigenvalue weighted by molar-refractivity contribution is 8.18. The van der Waals surface area contributed by atoms with Gasteiger partial charge in [0.1, 0.15) is 6.54 Å². The Labute approximate surface area is 201 Å². The molecule has 0 saturated carbocycles. The van der Waals surface area contributed by atoms with Gasteiger partial charge < -0.3 is 24.4 Å². The molecule has 2 fully saturated rings.